The van der Waals surface area contributed by atoms with E-state index in [0.717, 1.165) is 65.1 Å². The van der Waals surface area contributed by atoms with Gasteiger partial charge in [-0.05, 0) is 90.8 Å². The van der Waals surface area contributed by atoms with Crippen LogP contribution in [0.3, 0.4) is 0 Å². The standard InChI is InChI=1S/C12H18.C11H18/c1-7-8(2)12-6-11(7)9-4-3-5-10(9)12;1-4-9-5-10-6-11(9)8(3)7(10)2/h3-4,7-12H,5-6H2,1-2H3;4,7-11H,1,5-6H2,2-3H3. The summed E-state index contributed by atoms with van der Waals surface area (Å²) in [5.41, 5.74) is 0. The minimum Gasteiger partial charge on any atom is -0.103 e. The predicted octanol–water partition coefficient (Wildman–Crippen LogP) is 6.20. The van der Waals surface area contributed by atoms with Crippen molar-refractivity contribution in [1.82, 2.24) is 0 Å². The zero-order chi connectivity index (χ0) is 16.3. The van der Waals surface area contributed by atoms with Crippen LogP contribution in [-0.4, -0.2) is 0 Å². The second-order valence-electron chi connectivity index (χ2n) is 9.70. The Labute approximate surface area is 143 Å². The molecular weight excluding hydrogens is 276 g/mol. The first-order valence-electron chi connectivity index (χ1n) is 10.3. The van der Waals surface area contributed by atoms with E-state index in [1.54, 1.807) is 6.42 Å². The first-order valence-corrected chi connectivity index (χ1v) is 10.3. The van der Waals surface area contributed by atoms with E-state index in [4.69, 9.17) is 0 Å². The minimum atomic E-state index is 0.853. The largest absolute Gasteiger partial charge is 0.103 e. The van der Waals surface area contributed by atoms with Crippen molar-refractivity contribution < 1.29 is 0 Å². The van der Waals surface area contributed by atoms with Crippen LogP contribution in [0.1, 0.15) is 53.4 Å². The lowest BCUT2D eigenvalue weighted by molar-refractivity contribution is 0.156. The molecule has 0 heterocycles. The summed E-state index contributed by atoms with van der Waals surface area (Å²) in [6.07, 6.45) is 13.0. The van der Waals surface area contributed by atoms with E-state index >= 15 is 0 Å². The number of allylic oxidation sites excluding steroid dienone is 3. The lowest BCUT2D eigenvalue weighted by atomic mass is 9.71. The van der Waals surface area contributed by atoms with Gasteiger partial charge >= 0.3 is 0 Å². The normalized spacial score (nSPS) is 58.2. The van der Waals surface area contributed by atoms with E-state index < -0.39 is 0 Å². The Morgan fingerprint density at radius 2 is 1.48 bits per heavy atom. The maximum Gasteiger partial charge on any atom is -0.0168 e. The summed E-state index contributed by atoms with van der Waals surface area (Å²) in [6, 6.07) is 0. The van der Waals surface area contributed by atoms with Gasteiger partial charge in [0.25, 0.3) is 0 Å². The molecule has 0 radical (unpaired) electrons. The number of hydrogen-bond donors (Lipinski definition) is 0. The van der Waals surface area contributed by atoms with Crippen LogP contribution in [-0.2, 0) is 0 Å². The van der Waals surface area contributed by atoms with Gasteiger partial charge < -0.3 is 0 Å². The SMILES string of the molecule is C=CC1CC2CC1C(C)C2C.CC1C(C)C2CC1C1C=CCC12. The molecule has 0 aromatic heterocycles. The molecule has 0 N–H and O–H groups in total. The molecule has 4 bridgehead atoms. The molecular formula is C23H36. The fraction of sp³-hybridized carbons (Fsp3) is 0.826. The fourth-order valence-electron chi connectivity index (χ4n) is 7.48. The Bertz CT molecular complexity index is 486. The van der Waals surface area contributed by atoms with Crippen LogP contribution in [0.25, 0.3) is 0 Å². The van der Waals surface area contributed by atoms with Gasteiger partial charge in [0.2, 0.25) is 0 Å². The van der Waals surface area contributed by atoms with Crippen LogP contribution < -0.4 is 0 Å². The molecule has 0 heteroatoms. The molecule has 0 saturated heterocycles. The maximum absolute atomic E-state index is 3.92. The molecule has 4 fully saturated rings. The molecule has 0 aromatic rings. The van der Waals surface area contributed by atoms with Gasteiger partial charge in [0.1, 0.15) is 0 Å². The molecule has 5 rings (SSSR count). The van der Waals surface area contributed by atoms with Crippen LogP contribution >= 0.6 is 0 Å². The number of rotatable bonds is 1. The summed E-state index contributed by atoms with van der Waals surface area (Å²) in [7, 11) is 0. The average molecular weight is 313 g/mol. The molecule has 4 saturated carbocycles. The summed E-state index contributed by atoms with van der Waals surface area (Å²) >= 11 is 0. The van der Waals surface area contributed by atoms with Crippen molar-refractivity contribution >= 4 is 0 Å². The van der Waals surface area contributed by atoms with Crippen LogP contribution in [0.15, 0.2) is 24.8 Å². The van der Waals surface area contributed by atoms with Gasteiger partial charge in [0.15, 0.2) is 0 Å². The number of hydrogen-bond acceptors (Lipinski definition) is 0. The quantitative estimate of drug-likeness (QED) is 0.506. The van der Waals surface area contributed by atoms with E-state index in [0.29, 0.717) is 0 Å². The molecule has 11 atom stereocenters. The lowest BCUT2D eigenvalue weighted by Gasteiger charge is -2.34. The lowest BCUT2D eigenvalue weighted by Crippen LogP contribution is -2.29. The van der Waals surface area contributed by atoms with Crippen molar-refractivity contribution in [3.05, 3.63) is 24.8 Å². The van der Waals surface area contributed by atoms with Crippen molar-refractivity contribution in [3.63, 3.8) is 0 Å². The summed E-state index contributed by atoms with van der Waals surface area (Å²) < 4.78 is 0. The highest BCUT2D eigenvalue weighted by molar-refractivity contribution is 5.14. The van der Waals surface area contributed by atoms with E-state index in [2.05, 4.69) is 52.5 Å². The molecule has 23 heavy (non-hydrogen) atoms. The Kier molecular flexibility index (Phi) is 4.01. The molecule has 5 aliphatic rings. The van der Waals surface area contributed by atoms with Crippen LogP contribution in [0.5, 0.6) is 0 Å². The second-order valence-corrected chi connectivity index (χ2v) is 9.70. The van der Waals surface area contributed by atoms with Crippen molar-refractivity contribution in [2.45, 2.75) is 53.4 Å². The van der Waals surface area contributed by atoms with Gasteiger partial charge in [-0.2, -0.15) is 0 Å². The van der Waals surface area contributed by atoms with Crippen molar-refractivity contribution in [2.75, 3.05) is 0 Å². The van der Waals surface area contributed by atoms with Crippen LogP contribution in [0.2, 0.25) is 0 Å². The first kappa shape index (κ1) is 16.0. The van der Waals surface area contributed by atoms with Crippen molar-refractivity contribution in [3.8, 4) is 0 Å². The van der Waals surface area contributed by atoms with E-state index in [1.165, 1.54) is 19.3 Å². The summed E-state index contributed by atoms with van der Waals surface area (Å²) in [5.74, 6) is 11.0. The molecule has 0 amide bonds. The second kappa shape index (κ2) is 5.78. The summed E-state index contributed by atoms with van der Waals surface area (Å²) in [5, 5.41) is 0. The van der Waals surface area contributed by atoms with Crippen LogP contribution in [0, 0.1) is 65.1 Å². The van der Waals surface area contributed by atoms with Gasteiger partial charge in [0, 0.05) is 0 Å². The Hall–Kier alpha value is -0.520. The molecule has 0 spiro atoms. The maximum atomic E-state index is 3.92. The molecule has 5 aliphatic carbocycles. The fourth-order valence-corrected chi connectivity index (χ4v) is 7.48. The third-order valence-corrected chi connectivity index (χ3v) is 9.28. The monoisotopic (exact) mass is 312 g/mol. The van der Waals surface area contributed by atoms with Crippen molar-refractivity contribution in [2.24, 2.45) is 65.1 Å². The molecule has 0 aliphatic heterocycles. The highest BCUT2D eigenvalue weighted by Gasteiger charge is 2.54. The minimum absolute atomic E-state index is 0.853. The zero-order valence-electron chi connectivity index (χ0n) is 15.6. The van der Waals surface area contributed by atoms with Gasteiger partial charge in [-0.1, -0.05) is 45.9 Å². The first-order chi connectivity index (χ1) is 11.0. The Morgan fingerprint density at radius 3 is 2.13 bits per heavy atom. The third kappa shape index (κ3) is 2.30. The zero-order valence-corrected chi connectivity index (χ0v) is 15.6. The summed E-state index contributed by atoms with van der Waals surface area (Å²) in [6.45, 7) is 13.7. The average Bonchev–Trinajstić information content (AvgIpc) is 3.30. The van der Waals surface area contributed by atoms with E-state index in [-0.39, 0.29) is 0 Å². The van der Waals surface area contributed by atoms with E-state index in [9.17, 15) is 0 Å². The van der Waals surface area contributed by atoms with Gasteiger partial charge in [-0.15, -0.1) is 6.58 Å². The third-order valence-electron chi connectivity index (χ3n) is 9.28. The van der Waals surface area contributed by atoms with Gasteiger partial charge in [0.05, 0.1) is 0 Å². The van der Waals surface area contributed by atoms with Gasteiger partial charge in [-0.25, -0.2) is 0 Å². The number of fused-ring (bicyclic) bond motifs is 7. The van der Waals surface area contributed by atoms with E-state index in [1.807, 2.05) is 0 Å². The summed E-state index contributed by atoms with van der Waals surface area (Å²) in [4.78, 5) is 0. The molecule has 11 unspecified atom stereocenters. The van der Waals surface area contributed by atoms with Crippen molar-refractivity contribution in [1.29, 1.82) is 0 Å². The predicted molar refractivity (Wildman–Crippen MR) is 98.9 cm³/mol. The molecule has 0 nitrogen and oxygen atoms in total. The van der Waals surface area contributed by atoms with Crippen LogP contribution in [0.4, 0.5) is 0 Å². The Morgan fingerprint density at radius 1 is 0.783 bits per heavy atom. The highest BCUT2D eigenvalue weighted by atomic mass is 14.6. The van der Waals surface area contributed by atoms with Gasteiger partial charge in [-0.3, -0.25) is 0 Å². The topological polar surface area (TPSA) is 0 Å². The smallest absolute Gasteiger partial charge is 0.0168 e. The highest BCUT2D eigenvalue weighted by Crippen LogP contribution is 2.61. The molecule has 128 valence electrons. The Balaban J connectivity index is 0.000000118. The molecule has 0 aromatic carbocycles.